The number of hydrogen-bond acceptors (Lipinski definition) is 9. The molecule has 3 aromatic carbocycles. The van der Waals surface area contributed by atoms with Gasteiger partial charge in [-0.3, -0.25) is 14.9 Å². The van der Waals surface area contributed by atoms with E-state index in [2.05, 4.69) is 15.3 Å². The van der Waals surface area contributed by atoms with Gasteiger partial charge in [-0.25, -0.2) is 21.6 Å². The Kier molecular flexibility index (Phi) is 11.0. The third kappa shape index (κ3) is 9.20. The second-order valence-corrected chi connectivity index (χ2v) is 15.3. The zero-order valence-electron chi connectivity index (χ0n) is 27.0. The van der Waals surface area contributed by atoms with Crippen LogP contribution in [0.1, 0.15) is 22.3 Å². The van der Waals surface area contributed by atoms with Gasteiger partial charge in [0.1, 0.15) is 5.75 Å². The van der Waals surface area contributed by atoms with E-state index in [1.807, 2.05) is 0 Å². The zero-order chi connectivity index (χ0) is 36.8. The molecular formula is C35H32F3N5O6S2. The van der Waals surface area contributed by atoms with Gasteiger partial charge in [0.2, 0.25) is 0 Å². The van der Waals surface area contributed by atoms with E-state index < -0.39 is 37.4 Å². The number of alkyl halides is 3. The number of aromatic nitrogens is 2. The number of anilines is 3. The number of carbonyl (C=O) groups is 1. The van der Waals surface area contributed by atoms with Gasteiger partial charge >= 0.3 is 12.2 Å². The van der Waals surface area contributed by atoms with Crippen LogP contribution >= 0.6 is 0 Å². The van der Waals surface area contributed by atoms with Gasteiger partial charge in [0.25, 0.3) is 0 Å². The number of amides is 2. The molecule has 0 saturated carbocycles. The molecule has 1 aliphatic heterocycles. The Hall–Kier alpha value is -5.48. The molecule has 0 radical (unpaired) electrons. The number of benzene rings is 3. The average Bonchev–Trinajstić information content (AvgIpc) is 3.53. The van der Waals surface area contributed by atoms with Gasteiger partial charge < -0.3 is 15.8 Å². The molecule has 51 heavy (non-hydrogen) atoms. The first kappa shape index (κ1) is 36.8. The molecule has 11 nitrogen and oxygen atoms in total. The summed E-state index contributed by atoms with van der Waals surface area (Å²) < 4.78 is 94.1. The lowest BCUT2D eigenvalue weighted by molar-refractivity contribution is -0.138. The van der Waals surface area contributed by atoms with E-state index >= 15 is 0 Å². The SMILES string of the molecule is COc1cc2c(cc1C(F)(F)F)N(C(=O)Nc1ccc(CS(=O)(=O)c3ccncc3)cc1)CC2.Nc1ccc(CS(=O)(=O)c2ccncc2)cc1. The summed E-state index contributed by atoms with van der Waals surface area (Å²) >= 11 is 0. The quantitative estimate of drug-likeness (QED) is 0.174. The number of nitrogens with one attached hydrogen (secondary N) is 1. The summed E-state index contributed by atoms with van der Waals surface area (Å²) in [5, 5.41) is 2.65. The van der Waals surface area contributed by atoms with Crippen LogP contribution in [-0.2, 0) is 43.8 Å². The molecule has 0 atom stereocenters. The lowest BCUT2D eigenvalue weighted by Crippen LogP contribution is -2.33. The summed E-state index contributed by atoms with van der Waals surface area (Å²) in [5.74, 6) is -0.546. The molecular weight excluding hydrogens is 708 g/mol. The number of fused-ring (bicyclic) bond motifs is 1. The summed E-state index contributed by atoms with van der Waals surface area (Å²) in [5.41, 5.74) is 7.58. The number of sulfone groups is 2. The fraction of sp³-hybridized carbons (Fsp3) is 0.171. The maximum absolute atomic E-state index is 13.4. The molecule has 3 N–H and O–H groups in total. The normalized spacial score (nSPS) is 12.7. The van der Waals surface area contributed by atoms with Crippen molar-refractivity contribution in [2.75, 3.05) is 29.6 Å². The molecule has 3 heterocycles. The van der Waals surface area contributed by atoms with E-state index in [1.165, 1.54) is 67.1 Å². The van der Waals surface area contributed by atoms with Crippen LogP contribution in [0.25, 0.3) is 0 Å². The van der Waals surface area contributed by atoms with Crippen LogP contribution in [-0.4, -0.2) is 46.5 Å². The van der Waals surface area contributed by atoms with Crippen molar-refractivity contribution >= 4 is 42.8 Å². The van der Waals surface area contributed by atoms with Crippen molar-refractivity contribution in [3.05, 3.63) is 132 Å². The van der Waals surface area contributed by atoms with E-state index in [0.717, 1.165) is 11.6 Å². The van der Waals surface area contributed by atoms with Crippen LogP contribution < -0.4 is 20.7 Å². The number of nitrogen functional groups attached to an aromatic ring is 1. The molecule has 0 bridgehead atoms. The van der Waals surface area contributed by atoms with E-state index in [1.54, 1.807) is 48.5 Å². The average molecular weight is 740 g/mol. The molecule has 0 fully saturated rings. The maximum atomic E-state index is 13.4. The first-order chi connectivity index (χ1) is 24.2. The van der Waals surface area contributed by atoms with Crippen molar-refractivity contribution < 1.29 is 39.5 Å². The van der Waals surface area contributed by atoms with Gasteiger partial charge in [0.15, 0.2) is 19.7 Å². The zero-order valence-corrected chi connectivity index (χ0v) is 28.7. The van der Waals surface area contributed by atoms with Gasteiger partial charge in [-0.2, -0.15) is 13.2 Å². The van der Waals surface area contributed by atoms with Crippen molar-refractivity contribution in [3.63, 3.8) is 0 Å². The Bertz CT molecular complexity index is 2210. The number of urea groups is 1. The van der Waals surface area contributed by atoms with Crippen molar-refractivity contribution in [2.45, 2.75) is 33.9 Å². The van der Waals surface area contributed by atoms with Crippen LogP contribution in [0.5, 0.6) is 5.75 Å². The number of methoxy groups -OCH3 is 1. The van der Waals surface area contributed by atoms with E-state index in [4.69, 9.17) is 10.5 Å². The van der Waals surface area contributed by atoms with E-state index in [-0.39, 0.29) is 39.3 Å². The molecule has 2 aromatic heterocycles. The number of carbonyl (C=O) groups excluding carboxylic acids is 1. The third-order valence-electron chi connectivity index (χ3n) is 7.76. The Labute approximate surface area is 292 Å². The summed E-state index contributed by atoms with van der Waals surface area (Å²) in [6, 6.07) is 20.5. The van der Waals surface area contributed by atoms with Crippen molar-refractivity contribution in [2.24, 2.45) is 0 Å². The highest BCUT2D eigenvalue weighted by atomic mass is 32.2. The fourth-order valence-electron chi connectivity index (χ4n) is 5.20. The minimum Gasteiger partial charge on any atom is -0.496 e. The highest BCUT2D eigenvalue weighted by Crippen LogP contribution is 2.42. The number of halogens is 3. The predicted octanol–water partition coefficient (Wildman–Crippen LogP) is 6.32. The highest BCUT2D eigenvalue weighted by Gasteiger charge is 2.37. The monoisotopic (exact) mass is 739 g/mol. The van der Waals surface area contributed by atoms with E-state index in [0.29, 0.717) is 28.9 Å². The molecule has 0 unspecified atom stereocenters. The summed E-state index contributed by atoms with van der Waals surface area (Å²) in [6.45, 7) is 0.216. The van der Waals surface area contributed by atoms with Gasteiger partial charge in [0.05, 0.1) is 34.0 Å². The predicted molar refractivity (Wildman–Crippen MR) is 186 cm³/mol. The van der Waals surface area contributed by atoms with Crippen LogP contribution in [0.4, 0.5) is 35.0 Å². The van der Waals surface area contributed by atoms with Crippen LogP contribution in [0.2, 0.25) is 0 Å². The Morgan fingerprint density at radius 1 is 0.804 bits per heavy atom. The minimum atomic E-state index is -4.63. The summed E-state index contributed by atoms with van der Waals surface area (Å²) in [6.07, 6.45) is 1.50. The molecule has 266 valence electrons. The lowest BCUT2D eigenvalue weighted by Gasteiger charge is -2.20. The molecule has 0 spiro atoms. The molecule has 0 aliphatic carbocycles. The van der Waals surface area contributed by atoms with Crippen LogP contribution in [0.15, 0.2) is 120 Å². The van der Waals surface area contributed by atoms with Crippen molar-refractivity contribution in [1.29, 1.82) is 0 Å². The summed E-state index contributed by atoms with van der Waals surface area (Å²) in [7, 11) is -5.69. The Balaban J connectivity index is 0.000000248. The fourth-order valence-corrected chi connectivity index (χ4v) is 7.87. The minimum absolute atomic E-state index is 0.0305. The number of nitrogens with zero attached hydrogens (tertiary/aromatic N) is 3. The number of pyridine rings is 2. The second kappa shape index (κ2) is 15.2. The molecule has 6 rings (SSSR count). The Morgan fingerprint density at radius 3 is 1.76 bits per heavy atom. The number of nitrogens with two attached hydrogens (primary N) is 1. The Morgan fingerprint density at radius 2 is 1.29 bits per heavy atom. The third-order valence-corrected chi connectivity index (χ3v) is 11.2. The molecule has 0 saturated heterocycles. The second-order valence-electron chi connectivity index (χ2n) is 11.3. The largest absolute Gasteiger partial charge is 0.496 e. The summed E-state index contributed by atoms with van der Waals surface area (Å²) in [4.78, 5) is 22.1. The highest BCUT2D eigenvalue weighted by molar-refractivity contribution is 7.91. The van der Waals surface area contributed by atoms with Crippen LogP contribution in [0, 0.1) is 0 Å². The molecule has 2 amide bonds. The number of rotatable bonds is 8. The van der Waals surface area contributed by atoms with Gasteiger partial charge in [-0.05, 0) is 83.8 Å². The van der Waals surface area contributed by atoms with Gasteiger partial charge in [0, 0.05) is 48.4 Å². The first-order valence-corrected chi connectivity index (χ1v) is 18.5. The molecule has 16 heteroatoms. The number of ether oxygens (including phenoxy) is 1. The van der Waals surface area contributed by atoms with E-state index in [9.17, 15) is 34.8 Å². The van der Waals surface area contributed by atoms with Crippen LogP contribution in [0.3, 0.4) is 0 Å². The van der Waals surface area contributed by atoms with Crippen molar-refractivity contribution in [3.8, 4) is 5.75 Å². The van der Waals surface area contributed by atoms with Gasteiger partial charge in [-0.1, -0.05) is 24.3 Å². The lowest BCUT2D eigenvalue weighted by atomic mass is 10.1. The molecule has 5 aromatic rings. The topological polar surface area (TPSA) is 162 Å². The van der Waals surface area contributed by atoms with Gasteiger partial charge in [-0.15, -0.1) is 0 Å². The maximum Gasteiger partial charge on any atom is 0.420 e. The standard InChI is InChI=1S/C23H20F3N3O4S.C12H12N2O2S/c1-33-21-12-16-8-11-29(20(16)13-19(21)23(24,25)26)22(30)28-17-4-2-15(3-5-17)14-34(31,32)18-6-9-27-10-7-18;13-11-3-1-10(2-4-11)9-17(15,16)12-5-7-14-8-6-12/h2-7,9-10,12-13H,8,11,14H2,1H3,(H,28,30);1-8H,9,13H2. The first-order valence-electron chi connectivity index (χ1n) is 15.2. The molecule has 1 aliphatic rings. The van der Waals surface area contributed by atoms with Crippen molar-refractivity contribution in [1.82, 2.24) is 9.97 Å². The smallest absolute Gasteiger partial charge is 0.420 e. The number of hydrogen-bond donors (Lipinski definition) is 2.